The molecule has 0 aliphatic heterocycles. The van der Waals surface area contributed by atoms with Crippen molar-refractivity contribution in [2.75, 3.05) is 0 Å². The molecule has 2 aromatic rings. The maximum atomic E-state index is 12.3. The highest BCUT2D eigenvalue weighted by Crippen LogP contribution is 2.27. The molecule has 1 aliphatic rings. The third-order valence-electron chi connectivity index (χ3n) is 4.26. The van der Waals surface area contributed by atoms with E-state index >= 15 is 0 Å². The van der Waals surface area contributed by atoms with E-state index < -0.39 is 5.91 Å². The van der Waals surface area contributed by atoms with Crippen LogP contribution in [0.1, 0.15) is 42.5 Å². The van der Waals surface area contributed by atoms with Crippen LogP contribution >= 0.6 is 0 Å². The van der Waals surface area contributed by atoms with Crippen LogP contribution in [0.3, 0.4) is 0 Å². The van der Waals surface area contributed by atoms with Gasteiger partial charge in [0.2, 0.25) is 5.91 Å². The Hall–Kier alpha value is -2.44. The van der Waals surface area contributed by atoms with E-state index in [2.05, 4.69) is 10.4 Å². The van der Waals surface area contributed by atoms with Crippen molar-refractivity contribution in [3.05, 3.63) is 40.3 Å². The summed E-state index contributed by atoms with van der Waals surface area (Å²) in [6, 6.07) is 6.41. The molecule has 7 nitrogen and oxygen atoms in total. The number of carbonyl (C=O) groups excluding carboxylic acids is 1. The van der Waals surface area contributed by atoms with Crippen LogP contribution in [-0.4, -0.2) is 25.7 Å². The highest BCUT2D eigenvalue weighted by molar-refractivity contribution is 5.92. The Labute approximate surface area is 127 Å². The highest BCUT2D eigenvalue weighted by atomic mass is 16.2. The number of hydrogen-bond acceptors (Lipinski definition) is 4. The first kappa shape index (κ1) is 14.5. The van der Waals surface area contributed by atoms with Crippen LogP contribution in [0.25, 0.3) is 5.69 Å². The maximum Gasteiger partial charge on any atom is 0.368 e. The minimum atomic E-state index is -0.501. The van der Waals surface area contributed by atoms with Gasteiger partial charge in [-0.3, -0.25) is 4.79 Å². The summed E-state index contributed by atoms with van der Waals surface area (Å²) >= 11 is 0. The Morgan fingerprint density at radius 1 is 1.18 bits per heavy atom. The molecule has 116 valence electrons. The smallest absolute Gasteiger partial charge is 0.366 e. The van der Waals surface area contributed by atoms with Gasteiger partial charge in [-0.1, -0.05) is 25.7 Å². The molecule has 1 amide bonds. The number of tetrazole rings is 1. The maximum absolute atomic E-state index is 12.3. The Balaban J connectivity index is 1.74. The molecule has 0 saturated heterocycles. The molecular weight excluding hydrogens is 282 g/mol. The van der Waals surface area contributed by atoms with Crippen molar-refractivity contribution in [1.82, 2.24) is 19.8 Å². The van der Waals surface area contributed by atoms with Crippen molar-refractivity contribution < 1.29 is 4.79 Å². The summed E-state index contributed by atoms with van der Waals surface area (Å²) in [5, 5.41) is 7.84. The van der Waals surface area contributed by atoms with Gasteiger partial charge in [0.25, 0.3) is 0 Å². The molecule has 0 spiro atoms. The standard InChI is InChI=1S/C15H19N5O2/c16-14(21)12-5-7-13(8-6-12)20-15(22)19(17-18-20)10-9-11-3-1-2-4-11/h5-8,11H,1-4,9-10H2,(H2,16,21). The topological polar surface area (TPSA) is 95.8 Å². The van der Waals surface area contributed by atoms with Crippen LogP contribution in [0.15, 0.2) is 29.1 Å². The first-order valence-corrected chi connectivity index (χ1v) is 7.58. The van der Waals surface area contributed by atoms with Crippen LogP contribution in [0.5, 0.6) is 0 Å². The average Bonchev–Trinajstić information content (AvgIpc) is 3.15. The molecule has 0 bridgehead atoms. The van der Waals surface area contributed by atoms with Gasteiger partial charge in [0.15, 0.2) is 0 Å². The van der Waals surface area contributed by atoms with E-state index in [0.29, 0.717) is 23.7 Å². The first-order valence-electron chi connectivity index (χ1n) is 7.58. The molecule has 0 atom stereocenters. The molecule has 1 saturated carbocycles. The second-order valence-corrected chi connectivity index (χ2v) is 5.75. The minimum Gasteiger partial charge on any atom is -0.366 e. The molecule has 1 aromatic heterocycles. The Bertz CT molecular complexity index is 710. The number of nitrogens with two attached hydrogens (primary N) is 1. The van der Waals surface area contributed by atoms with Gasteiger partial charge in [-0.05, 0) is 47.0 Å². The van der Waals surface area contributed by atoms with Crippen LogP contribution < -0.4 is 11.4 Å². The number of amides is 1. The van der Waals surface area contributed by atoms with Crippen LogP contribution in [0, 0.1) is 5.92 Å². The summed E-state index contributed by atoms with van der Waals surface area (Å²) in [6.45, 7) is 0.600. The number of hydrogen-bond donors (Lipinski definition) is 1. The van der Waals surface area contributed by atoms with Crippen LogP contribution in [0.2, 0.25) is 0 Å². The first-order chi connectivity index (χ1) is 10.6. The van der Waals surface area contributed by atoms with Crippen LogP contribution in [0.4, 0.5) is 0 Å². The summed E-state index contributed by atoms with van der Waals surface area (Å²) in [4.78, 5) is 23.4. The highest BCUT2D eigenvalue weighted by Gasteiger charge is 2.16. The predicted molar refractivity (Wildman–Crippen MR) is 80.7 cm³/mol. The second kappa shape index (κ2) is 6.13. The molecule has 7 heteroatoms. The normalized spacial score (nSPS) is 15.3. The minimum absolute atomic E-state index is 0.259. The summed E-state index contributed by atoms with van der Waals surface area (Å²) in [6.07, 6.45) is 6.05. The van der Waals surface area contributed by atoms with Gasteiger partial charge >= 0.3 is 5.69 Å². The lowest BCUT2D eigenvalue weighted by Gasteiger charge is -2.06. The molecule has 2 N–H and O–H groups in total. The van der Waals surface area contributed by atoms with E-state index in [0.717, 1.165) is 6.42 Å². The van der Waals surface area contributed by atoms with Crippen molar-refractivity contribution in [3.63, 3.8) is 0 Å². The molecular formula is C15H19N5O2. The van der Waals surface area contributed by atoms with Gasteiger partial charge in [0.1, 0.15) is 0 Å². The number of carbonyl (C=O) groups is 1. The Kier molecular flexibility index (Phi) is 4.04. The molecule has 1 aromatic carbocycles. The molecule has 0 radical (unpaired) electrons. The number of aryl methyl sites for hydroxylation is 1. The van der Waals surface area contributed by atoms with E-state index in [-0.39, 0.29) is 5.69 Å². The summed E-state index contributed by atoms with van der Waals surface area (Å²) in [5.41, 5.74) is 5.90. The van der Waals surface area contributed by atoms with Gasteiger partial charge < -0.3 is 5.73 Å². The lowest BCUT2D eigenvalue weighted by atomic mass is 10.0. The van der Waals surface area contributed by atoms with Gasteiger partial charge in [-0.15, -0.1) is 0 Å². The summed E-state index contributed by atoms with van der Waals surface area (Å²) in [5.74, 6) is 0.200. The van der Waals surface area contributed by atoms with Crippen molar-refractivity contribution in [3.8, 4) is 5.69 Å². The molecule has 1 aliphatic carbocycles. The predicted octanol–water partition coefficient (Wildman–Crippen LogP) is 1.11. The van der Waals surface area contributed by atoms with Gasteiger partial charge in [-0.2, -0.15) is 9.36 Å². The SMILES string of the molecule is NC(=O)c1ccc(-n2nnn(CCC3CCCC3)c2=O)cc1. The van der Waals surface area contributed by atoms with Gasteiger partial charge in [-0.25, -0.2) is 4.79 Å². The number of nitrogens with zero attached hydrogens (tertiary/aromatic N) is 4. The fraction of sp³-hybridized carbons (Fsp3) is 0.467. The fourth-order valence-corrected chi connectivity index (χ4v) is 2.95. The molecule has 3 rings (SSSR count). The molecule has 1 fully saturated rings. The molecule has 1 heterocycles. The lowest BCUT2D eigenvalue weighted by Crippen LogP contribution is -2.25. The number of rotatable bonds is 5. The van der Waals surface area contributed by atoms with E-state index in [4.69, 9.17) is 5.73 Å². The largest absolute Gasteiger partial charge is 0.368 e. The van der Waals surface area contributed by atoms with Crippen molar-refractivity contribution in [1.29, 1.82) is 0 Å². The Morgan fingerprint density at radius 3 is 2.50 bits per heavy atom. The van der Waals surface area contributed by atoms with Gasteiger partial charge in [0.05, 0.1) is 5.69 Å². The van der Waals surface area contributed by atoms with E-state index in [9.17, 15) is 9.59 Å². The quantitative estimate of drug-likeness (QED) is 0.894. The third kappa shape index (κ3) is 2.93. The van der Waals surface area contributed by atoms with Crippen molar-refractivity contribution in [2.24, 2.45) is 11.7 Å². The van der Waals surface area contributed by atoms with Gasteiger partial charge in [0, 0.05) is 12.1 Å². The van der Waals surface area contributed by atoms with Crippen molar-refractivity contribution >= 4 is 5.91 Å². The second-order valence-electron chi connectivity index (χ2n) is 5.75. The zero-order valence-electron chi connectivity index (χ0n) is 12.3. The number of benzene rings is 1. The summed E-state index contributed by atoms with van der Waals surface area (Å²) in [7, 11) is 0. The van der Waals surface area contributed by atoms with E-state index in [1.807, 2.05) is 0 Å². The lowest BCUT2D eigenvalue weighted by molar-refractivity contribution is 0.100. The average molecular weight is 301 g/mol. The third-order valence-corrected chi connectivity index (χ3v) is 4.26. The van der Waals surface area contributed by atoms with E-state index in [1.165, 1.54) is 35.0 Å². The zero-order valence-corrected chi connectivity index (χ0v) is 12.3. The zero-order chi connectivity index (χ0) is 15.5. The fourth-order valence-electron chi connectivity index (χ4n) is 2.95. The number of aromatic nitrogens is 4. The summed E-state index contributed by atoms with van der Waals surface area (Å²) < 4.78 is 2.64. The van der Waals surface area contributed by atoms with E-state index in [1.54, 1.807) is 24.3 Å². The Morgan fingerprint density at radius 2 is 1.86 bits per heavy atom. The molecule has 22 heavy (non-hydrogen) atoms. The monoisotopic (exact) mass is 301 g/mol. The van der Waals surface area contributed by atoms with Crippen LogP contribution in [-0.2, 0) is 6.54 Å². The number of primary amides is 1. The van der Waals surface area contributed by atoms with Crippen molar-refractivity contribution in [2.45, 2.75) is 38.6 Å². The molecule has 0 unspecified atom stereocenters.